The van der Waals surface area contributed by atoms with E-state index in [1.54, 1.807) is 0 Å². The number of carbonyl (C=O) groups is 1. The van der Waals surface area contributed by atoms with Crippen molar-refractivity contribution < 1.29 is 19.0 Å². The zero-order valence-corrected chi connectivity index (χ0v) is 30.3. The molecule has 4 heteroatoms. The maximum absolute atomic E-state index is 11.9. The summed E-state index contributed by atoms with van der Waals surface area (Å²) in [6.07, 6.45) is 42.9. The minimum absolute atomic E-state index is 0.0805. The topological polar surface area (TPSA) is 44.8 Å². The minimum atomic E-state index is -0.0805. The molecule has 264 valence electrons. The molecule has 0 aromatic rings. The van der Waals surface area contributed by atoms with E-state index in [1.807, 2.05) is 0 Å². The summed E-state index contributed by atoms with van der Waals surface area (Å²) in [4.78, 5) is 11.9. The molecule has 0 radical (unpaired) electrons. The van der Waals surface area contributed by atoms with Crippen LogP contribution in [0.15, 0.2) is 0 Å². The van der Waals surface area contributed by atoms with Crippen molar-refractivity contribution in [3.63, 3.8) is 0 Å². The highest BCUT2D eigenvalue weighted by atomic mass is 16.6. The van der Waals surface area contributed by atoms with E-state index in [0.29, 0.717) is 32.8 Å². The number of esters is 1. The highest BCUT2D eigenvalue weighted by Crippen LogP contribution is 2.15. The maximum Gasteiger partial charge on any atom is 0.305 e. The van der Waals surface area contributed by atoms with Crippen LogP contribution in [0.2, 0.25) is 0 Å². The molecule has 0 saturated heterocycles. The van der Waals surface area contributed by atoms with Gasteiger partial charge in [0.15, 0.2) is 0 Å². The predicted octanol–water partition coefficient (Wildman–Crippen LogP) is 13.1. The summed E-state index contributed by atoms with van der Waals surface area (Å²) >= 11 is 0. The summed E-state index contributed by atoms with van der Waals surface area (Å²) < 4.78 is 16.5. The highest BCUT2D eigenvalue weighted by Gasteiger charge is 2.03. The second-order valence-corrected chi connectivity index (χ2v) is 13.4. The predicted molar refractivity (Wildman–Crippen MR) is 192 cm³/mol. The van der Waals surface area contributed by atoms with Crippen molar-refractivity contribution in [3.05, 3.63) is 0 Å². The fourth-order valence-electron chi connectivity index (χ4n) is 6.00. The molecule has 0 amide bonds. The third-order valence-corrected chi connectivity index (χ3v) is 8.99. The van der Waals surface area contributed by atoms with E-state index < -0.39 is 0 Å². The molecule has 0 aliphatic heterocycles. The van der Waals surface area contributed by atoms with E-state index in [0.717, 1.165) is 25.9 Å². The van der Waals surface area contributed by atoms with Gasteiger partial charge in [-0.25, -0.2) is 0 Å². The molecule has 4 nitrogen and oxygen atoms in total. The Morgan fingerprint density at radius 1 is 0.318 bits per heavy atom. The molecule has 0 aromatic heterocycles. The van der Waals surface area contributed by atoms with Crippen LogP contribution in [-0.4, -0.2) is 39.0 Å². The first kappa shape index (κ1) is 43.4. The Morgan fingerprint density at radius 2 is 0.591 bits per heavy atom. The van der Waals surface area contributed by atoms with E-state index in [-0.39, 0.29) is 5.97 Å². The fraction of sp³-hybridized carbons (Fsp3) is 0.975. The van der Waals surface area contributed by atoms with Gasteiger partial charge in [0, 0.05) is 13.0 Å². The highest BCUT2D eigenvalue weighted by molar-refractivity contribution is 5.69. The van der Waals surface area contributed by atoms with Gasteiger partial charge in [0.1, 0.15) is 6.61 Å². The SMILES string of the molecule is CCCCCCCCCCCCCCCCCCOCCOCCOC(=O)CCCCCCCCCCCCCCCCC. The van der Waals surface area contributed by atoms with Crippen LogP contribution in [0, 0.1) is 0 Å². The fourth-order valence-corrected chi connectivity index (χ4v) is 6.00. The van der Waals surface area contributed by atoms with Gasteiger partial charge in [0.25, 0.3) is 0 Å². The summed E-state index contributed by atoms with van der Waals surface area (Å²) in [5, 5.41) is 0. The summed E-state index contributed by atoms with van der Waals surface area (Å²) in [6, 6.07) is 0. The van der Waals surface area contributed by atoms with Gasteiger partial charge < -0.3 is 14.2 Å². The largest absolute Gasteiger partial charge is 0.463 e. The van der Waals surface area contributed by atoms with Gasteiger partial charge in [-0.05, 0) is 12.8 Å². The van der Waals surface area contributed by atoms with Crippen LogP contribution in [0.25, 0.3) is 0 Å². The zero-order chi connectivity index (χ0) is 31.9. The standard InChI is InChI=1S/C40H80O4/c1-3-5-7-9-11-13-15-17-19-21-23-25-27-29-31-33-35-42-36-37-43-38-39-44-40(41)34-32-30-28-26-24-22-20-18-16-14-12-10-8-6-4-2/h3-39H2,1-2H3. The van der Waals surface area contributed by atoms with Crippen LogP contribution < -0.4 is 0 Å². The van der Waals surface area contributed by atoms with E-state index in [2.05, 4.69) is 13.8 Å². The van der Waals surface area contributed by atoms with Crippen LogP contribution >= 0.6 is 0 Å². The van der Waals surface area contributed by atoms with Crippen molar-refractivity contribution >= 4 is 5.97 Å². The molecule has 0 fully saturated rings. The second-order valence-electron chi connectivity index (χ2n) is 13.4. The van der Waals surface area contributed by atoms with E-state index >= 15 is 0 Å². The molecular formula is C40H80O4. The first-order chi connectivity index (χ1) is 21.8. The Labute approximate surface area is 276 Å². The average Bonchev–Trinajstić information content (AvgIpc) is 3.03. The summed E-state index contributed by atoms with van der Waals surface area (Å²) in [6.45, 7) is 7.44. The molecule has 0 atom stereocenters. The smallest absolute Gasteiger partial charge is 0.305 e. The number of rotatable bonds is 39. The zero-order valence-electron chi connectivity index (χ0n) is 30.3. The van der Waals surface area contributed by atoms with E-state index in [9.17, 15) is 4.79 Å². The lowest BCUT2D eigenvalue weighted by Crippen LogP contribution is -2.13. The number of hydrogen-bond donors (Lipinski definition) is 0. The number of hydrogen-bond acceptors (Lipinski definition) is 4. The Morgan fingerprint density at radius 3 is 0.955 bits per heavy atom. The molecule has 0 saturated carbocycles. The normalized spacial score (nSPS) is 11.4. The van der Waals surface area contributed by atoms with Crippen LogP contribution in [0.1, 0.15) is 219 Å². The molecule has 0 heterocycles. The van der Waals surface area contributed by atoms with Crippen molar-refractivity contribution in [1.29, 1.82) is 0 Å². The van der Waals surface area contributed by atoms with Gasteiger partial charge in [0.2, 0.25) is 0 Å². The van der Waals surface area contributed by atoms with Gasteiger partial charge in [-0.15, -0.1) is 0 Å². The van der Waals surface area contributed by atoms with Gasteiger partial charge in [-0.2, -0.15) is 0 Å². The van der Waals surface area contributed by atoms with Crippen LogP contribution in [0.3, 0.4) is 0 Å². The Balaban J connectivity index is 3.13. The van der Waals surface area contributed by atoms with Gasteiger partial charge in [0.05, 0.1) is 19.8 Å². The van der Waals surface area contributed by atoms with Gasteiger partial charge in [-0.1, -0.05) is 200 Å². The molecule has 0 aliphatic carbocycles. The molecule has 0 bridgehead atoms. The Kier molecular flexibility index (Phi) is 39.9. The average molecular weight is 625 g/mol. The molecule has 0 rings (SSSR count). The van der Waals surface area contributed by atoms with Crippen molar-refractivity contribution in [3.8, 4) is 0 Å². The lowest BCUT2D eigenvalue weighted by molar-refractivity contribution is -0.145. The Bertz CT molecular complexity index is 524. The summed E-state index contributed by atoms with van der Waals surface area (Å²) in [5.41, 5.74) is 0. The monoisotopic (exact) mass is 625 g/mol. The number of ether oxygens (including phenoxy) is 3. The first-order valence-corrected chi connectivity index (χ1v) is 20.1. The molecule has 0 spiro atoms. The minimum Gasteiger partial charge on any atom is -0.463 e. The molecule has 0 aromatic carbocycles. The molecule has 0 aliphatic rings. The third-order valence-electron chi connectivity index (χ3n) is 8.99. The van der Waals surface area contributed by atoms with Crippen molar-refractivity contribution in [2.45, 2.75) is 219 Å². The van der Waals surface area contributed by atoms with Crippen molar-refractivity contribution in [2.24, 2.45) is 0 Å². The maximum atomic E-state index is 11.9. The number of carbonyl (C=O) groups excluding carboxylic acids is 1. The van der Waals surface area contributed by atoms with Crippen LogP contribution in [-0.2, 0) is 19.0 Å². The summed E-state index contributed by atoms with van der Waals surface area (Å²) in [7, 11) is 0. The van der Waals surface area contributed by atoms with E-state index in [1.165, 1.54) is 180 Å². The van der Waals surface area contributed by atoms with Crippen LogP contribution in [0.4, 0.5) is 0 Å². The summed E-state index contributed by atoms with van der Waals surface area (Å²) in [5.74, 6) is -0.0805. The lowest BCUT2D eigenvalue weighted by Gasteiger charge is -2.07. The van der Waals surface area contributed by atoms with Gasteiger partial charge >= 0.3 is 5.97 Å². The third kappa shape index (κ3) is 39.4. The van der Waals surface area contributed by atoms with Crippen molar-refractivity contribution in [1.82, 2.24) is 0 Å². The van der Waals surface area contributed by atoms with Gasteiger partial charge in [-0.3, -0.25) is 4.79 Å². The van der Waals surface area contributed by atoms with Crippen molar-refractivity contribution in [2.75, 3.05) is 33.0 Å². The quantitative estimate of drug-likeness (QED) is 0.0504. The van der Waals surface area contributed by atoms with Crippen LogP contribution in [0.5, 0.6) is 0 Å². The molecule has 0 unspecified atom stereocenters. The molecule has 44 heavy (non-hydrogen) atoms. The van der Waals surface area contributed by atoms with E-state index in [4.69, 9.17) is 14.2 Å². The first-order valence-electron chi connectivity index (χ1n) is 20.1. The number of unbranched alkanes of at least 4 members (excludes halogenated alkanes) is 29. The Hall–Kier alpha value is -0.610. The second kappa shape index (κ2) is 40.4. The lowest BCUT2D eigenvalue weighted by atomic mass is 10.0. The molecular weight excluding hydrogens is 544 g/mol. The molecule has 0 N–H and O–H groups in total.